The SMILES string of the molecule is CCCCCCCOCCCCNCC(C)C. The van der Waals surface area contributed by atoms with E-state index in [1.807, 2.05) is 0 Å². The zero-order valence-electron chi connectivity index (χ0n) is 12.3. The Balaban J connectivity index is 2.89. The van der Waals surface area contributed by atoms with Crippen molar-refractivity contribution in [2.75, 3.05) is 26.3 Å². The molecule has 0 saturated heterocycles. The molecule has 2 nitrogen and oxygen atoms in total. The highest BCUT2D eigenvalue weighted by Gasteiger charge is 1.94. The average molecular weight is 243 g/mol. The third kappa shape index (κ3) is 15.9. The van der Waals surface area contributed by atoms with Crippen molar-refractivity contribution in [1.29, 1.82) is 0 Å². The summed E-state index contributed by atoms with van der Waals surface area (Å²) < 4.78 is 5.61. The molecule has 104 valence electrons. The molecule has 0 fully saturated rings. The molecule has 2 heteroatoms. The first kappa shape index (κ1) is 16.9. The maximum Gasteiger partial charge on any atom is 0.0466 e. The van der Waals surface area contributed by atoms with Crippen LogP contribution in [-0.2, 0) is 4.74 Å². The van der Waals surface area contributed by atoms with E-state index >= 15 is 0 Å². The second-order valence-electron chi connectivity index (χ2n) is 5.33. The minimum atomic E-state index is 0.759. The summed E-state index contributed by atoms with van der Waals surface area (Å²) in [6.45, 7) is 10.9. The molecule has 0 amide bonds. The van der Waals surface area contributed by atoms with Gasteiger partial charge in [-0.25, -0.2) is 0 Å². The summed E-state index contributed by atoms with van der Waals surface area (Å²) >= 11 is 0. The summed E-state index contributed by atoms with van der Waals surface area (Å²) in [5, 5.41) is 3.45. The van der Waals surface area contributed by atoms with Crippen LogP contribution >= 0.6 is 0 Å². The van der Waals surface area contributed by atoms with Gasteiger partial charge in [0.1, 0.15) is 0 Å². The third-order valence-electron chi connectivity index (χ3n) is 2.84. The van der Waals surface area contributed by atoms with Gasteiger partial charge in [0.15, 0.2) is 0 Å². The second kappa shape index (κ2) is 14.0. The third-order valence-corrected chi connectivity index (χ3v) is 2.84. The van der Waals surface area contributed by atoms with Crippen LogP contribution in [0.3, 0.4) is 0 Å². The topological polar surface area (TPSA) is 21.3 Å². The number of hydrogen-bond acceptors (Lipinski definition) is 2. The standard InChI is InChI=1S/C15H33NO/c1-4-5-6-7-9-12-17-13-10-8-11-16-14-15(2)3/h15-16H,4-14H2,1-3H3. The second-order valence-corrected chi connectivity index (χ2v) is 5.33. The highest BCUT2D eigenvalue weighted by molar-refractivity contribution is 4.51. The van der Waals surface area contributed by atoms with Gasteiger partial charge >= 0.3 is 0 Å². The summed E-state index contributed by atoms with van der Waals surface area (Å²) in [6.07, 6.45) is 9.09. The molecule has 0 atom stereocenters. The Morgan fingerprint density at radius 2 is 1.53 bits per heavy atom. The van der Waals surface area contributed by atoms with Crippen molar-refractivity contribution in [3.05, 3.63) is 0 Å². The number of unbranched alkanes of at least 4 members (excludes halogenated alkanes) is 5. The van der Waals surface area contributed by atoms with Crippen LogP contribution < -0.4 is 5.32 Å². The molecule has 1 N–H and O–H groups in total. The van der Waals surface area contributed by atoms with Crippen molar-refractivity contribution in [2.24, 2.45) is 5.92 Å². The van der Waals surface area contributed by atoms with Crippen molar-refractivity contribution in [1.82, 2.24) is 5.32 Å². The molecule has 17 heavy (non-hydrogen) atoms. The molecule has 0 radical (unpaired) electrons. The monoisotopic (exact) mass is 243 g/mol. The van der Waals surface area contributed by atoms with Crippen LogP contribution in [0.5, 0.6) is 0 Å². The Kier molecular flexibility index (Phi) is 13.9. The molecule has 0 aliphatic rings. The van der Waals surface area contributed by atoms with Gasteiger partial charge in [-0.3, -0.25) is 0 Å². The fourth-order valence-electron chi connectivity index (χ4n) is 1.75. The predicted molar refractivity (Wildman–Crippen MR) is 76.5 cm³/mol. The number of nitrogens with one attached hydrogen (secondary N) is 1. The summed E-state index contributed by atoms with van der Waals surface area (Å²) in [5.74, 6) is 0.759. The molecule has 0 saturated carbocycles. The van der Waals surface area contributed by atoms with Crippen molar-refractivity contribution in [3.8, 4) is 0 Å². The lowest BCUT2D eigenvalue weighted by atomic mass is 10.2. The van der Waals surface area contributed by atoms with Crippen molar-refractivity contribution in [2.45, 2.75) is 65.7 Å². The smallest absolute Gasteiger partial charge is 0.0466 e. The van der Waals surface area contributed by atoms with E-state index in [9.17, 15) is 0 Å². The summed E-state index contributed by atoms with van der Waals surface area (Å²) in [5.41, 5.74) is 0. The normalized spacial score (nSPS) is 11.3. The van der Waals surface area contributed by atoms with Gasteiger partial charge in [-0.05, 0) is 38.3 Å². The molecule has 0 heterocycles. The molecule has 0 rings (SSSR count). The largest absolute Gasteiger partial charge is 0.381 e. The maximum atomic E-state index is 5.61. The van der Waals surface area contributed by atoms with Crippen LogP contribution in [-0.4, -0.2) is 26.3 Å². The Labute approximate surface area is 109 Å². The first-order chi connectivity index (χ1) is 8.27. The van der Waals surface area contributed by atoms with Gasteiger partial charge in [-0.15, -0.1) is 0 Å². The van der Waals surface area contributed by atoms with Gasteiger partial charge in [0.2, 0.25) is 0 Å². The summed E-state index contributed by atoms with van der Waals surface area (Å²) in [6, 6.07) is 0. The van der Waals surface area contributed by atoms with Gasteiger partial charge in [0.05, 0.1) is 0 Å². The molecule has 0 aliphatic carbocycles. The van der Waals surface area contributed by atoms with E-state index < -0.39 is 0 Å². The molecular weight excluding hydrogens is 210 g/mol. The molecular formula is C15H33NO. The van der Waals surface area contributed by atoms with E-state index in [2.05, 4.69) is 26.1 Å². The minimum Gasteiger partial charge on any atom is -0.381 e. The van der Waals surface area contributed by atoms with E-state index in [1.165, 1.54) is 44.9 Å². The zero-order chi connectivity index (χ0) is 12.8. The average Bonchev–Trinajstić information content (AvgIpc) is 2.30. The highest BCUT2D eigenvalue weighted by Crippen LogP contribution is 2.02. The van der Waals surface area contributed by atoms with E-state index in [1.54, 1.807) is 0 Å². The van der Waals surface area contributed by atoms with Crippen molar-refractivity contribution >= 4 is 0 Å². The molecule has 0 aromatic carbocycles. The lowest BCUT2D eigenvalue weighted by Gasteiger charge is -2.07. The van der Waals surface area contributed by atoms with Gasteiger partial charge in [-0.2, -0.15) is 0 Å². The van der Waals surface area contributed by atoms with Crippen LogP contribution in [0.25, 0.3) is 0 Å². The van der Waals surface area contributed by atoms with E-state index in [4.69, 9.17) is 4.74 Å². The van der Waals surface area contributed by atoms with Gasteiger partial charge in [0.25, 0.3) is 0 Å². The van der Waals surface area contributed by atoms with Crippen LogP contribution in [0.2, 0.25) is 0 Å². The first-order valence-electron chi connectivity index (χ1n) is 7.55. The molecule has 0 spiro atoms. The minimum absolute atomic E-state index is 0.759. The van der Waals surface area contributed by atoms with Crippen LogP contribution in [0, 0.1) is 5.92 Å². The van der Waals surface area contributed by atoms with Crippen LogP contribution in [0.4, 0.5) is 0 Å². The summed E-state index contributed by atoms with van der Waals surface area (Å²) in [7, 11) is 0. The van der Waals surface area contributed by atoms with E-state index in [-0.39, 0.29) is 0 Å². The van der Waals surface area contributed by atoms with Crippen LogP contribution in [0.1, 0.15) is 65.7 Å². The Hall–Kier alpha value is -0.0800. The summed E-state index contributed by atoms with van der Waals surface area (Å²) in [4.78, 5) is 0. The van der Waals surface area contributed by atoms with Gasteiger partial charge < -0.3 is 10.1 Å². The van der Waals surface area contributed by atoms with E-state index in [0.717, 1.165) is 32.2 Å². The Morgan fingerprint density at radius 3 is 2.18 bits per heavy atom. The van der Waals surface area contributed by atoms with Crippen molar-refractivity contribution < 1.29 is 4.74 Å². The van der Waals surface area contributed by atoms with Gasteiger partial charge in [0, 0.05) is 13.2 Å². The fraction of sp³-hybridized carbons (Fsp3) is 1.00. The van der Waals surface area contributed by atoms with E-state index in [0.29, 0.717) is 0 Å². The lowest BCUT2D eigenvalue weighted by molar-refractivity contribution is 0.126. The maximum absolute atomic E-state index is 5.61. The van der Waals surface area contributed by atoms with Crippen molar-refractivity contribution in [3.63, 3.8) is 0 Å². The first-order valence-corrected chi connectivity index (χ1v) is 7.55. The molecule has 0 aromatic heterocycles. The molecule has 0 bridgehead atoms. The Morgan fingerprint density at radius 1 is 0.882 bits per heavy atom. The predicted octanol–water partition coefficient (Wildman–Crippen LogP) is 4.00. The van der Waals surface area contributed by atoms with Gasteiger partial charge in [-0.1, -0.05) is 46.5 Å². The Bertz CT molecular complexity index is 137. The number of rotatable bonds is 13. The number of ether oxygens (including phenoxy) is 1. The zero-order valence-corrected chi connectivity index (χ0v) is 12.3. The fourth-order valence-corrected chi connectivity index (χ4v) is 1.75. The molecule has 0 aliphatic heterocycles. The van der Waals surface area contributed by atoms with Crippen LogP contribution in [0.15, 0.2) is 0 Å². The number of hydrogen-bond donors (Lipinski definition) is 1. The highest BCUT2D eigenvalue weighted by atomic mass is 16.5. The lowest BCUT2D eigenvalue weighted by Crippen LogP contribution is -2.20. The quantitative estimate of drug-likeness (QED) is 0.494. The molecule has 0 aromatic rings. The molecule has 0 unspecified atom stereocenters.